The highest BCUT2D eigenvalue weighted by Gasteiger charge is 2.22. The molecule has 1 aromatic heterocycles. The molecule has 0 bridgehead atoms. The largest absolute Gasteiger partial charge is 0.508 e. The van der Waals surface area contributed by atoms with Crippen molar-refractivity contribution in [2.45, 2.75) is 19.8 Å². The molecular formula is C19H20N2O5. The molecule has 7 heteroatoms. The number of aromatic amines is 1. The van der Waals surface area contributed by atoms with E-state index in [9.17, 15) is 19.5 Å². The minimum Gasteiger partial charge on any atom is -0.508 e. The highest BCUT2D eigenvalue weighted by Crippen LogP contribution is 2.18. The number of likely N-dealkylation sites (tertiary alicyclic amines) is 1. The third-order valence-corrected chi connectivity index (χ3v) is 4.41. The number of aromatic hydroxyl groups is 1. The van der Waals surface area contributed by atoms with Gasteiger partial charge in [0.1, 0.15) is 11.4 Å². The summed E-state index contributed by atoms with van der Waals surface area (Å²) in [5, 5.41) is 9.63. The number of ketones is 1. The van der Waals surface area contributed by atoms with Crippen molar-refractivity contribution in [1.29, 1.82) is 0 Å². The standard InChI is InChI=1S/C19H20N2O5/c1-12-4-5-13(9-16(12)22)19(25)26-11-17(23)14-8-15(20-10-14)18(24)21-6-2-3-7-21/h4-5,8-10,20,22H,2-3,6-7,11H2,1H3. The average molecular weight is 356 g/mol. The van der Waals surface area contributed by atoms with Gasteiger partial charge >= 0.3 is 5.97 Å². The molecule has 2 heterocycles. The summed E-state index contributed by atoms with van der Waals surface area (Å²) < 4.78 is 5.00. The Hall–Kier alpha value is -3.09. The summed E-state index contributed by atoms with van der Waals surface area (Å²) in [6, 6.07) is 5.89. The smallest absolute Gasteiger partial charge is 0.338 e. The molecule has 2 N–H and O–H groups in total. The number of ether oxygens (including phenoxy) is 1. The Bertz CT molecular complexity index is 849. The normalized spacial score (nSPS) is 13.7. The van der Waals surface area contributed by atoms with Crippen molar-refractivity contribution in [2.24, 2.45) is 0 Å². The van der Waals surface area contributed by atoms with Crippen LogP contribution in [0.4, 0.5) is 0 Å². The Morgan fingerprint density at radius 1 is 1.15 bits per heavy atom. The number of hydrogen-bond donors (Lipinski definition) is 2. The number of phenolic OH excluding ortho intramolecular Hbond substituents is 1. The monoisotopic (exact) mass is 356 g/mol. The SMILES string of the molecule is Cc1ccc(C(=O)OCC(=O)c2c[nH]c(C(=O)N3CCCC3)c2)cc1O. The lowest BCUT2D eigenvalue weighted by molar-refractivity contribution is 0.0474. The molecule has 26 heavy (non-hydrogen) atoms. The van der Waals surface area contributed by atoms with Crippen molar-refractivity contribution in [2.75, 3.05) is 19.7 Å². The molecule has 0 unspecified atom stereocenters. The molecule has 0 atom stereocenters. The lowest BCUT2D eigenvalue weighted by Crippen LogP contribution is -2.27. The predicted molar refractivity (Wildman–Crippen MR) is 93.4 cm³/mol. The molecule has 0 spiro atoms. The Balaban J connectivity index is 1.59. The summed E-state index contributed by atoms with van der Waals surface area (Å²) in [5.41, 5.74) is 1.44. The molecular weight excluding hydrogens is 336 g/mol. The number of benzene rings is 1. The fourth-order valence-corrected chi connectivity index (χ4v) is 2.80. The quantitative estimate of drug-likeness (QED) is 0.632. The molecule has 0 saturated carbocycles. The summed E-state index contributed by atoms with van der Waals surface area (Å²) >= 11 is 0. The van der Waals surface area contributed by atoms with E-state index in [2.05, 4.69) is 4.98 Å². The molecule has 0 radical (unpaired) electrons. The molecule has 136 valence electrons. The van der Waals surface area contributed by atoms with Gasteiger partial charge in [-0.25, -0.2) is 4.79 Å². The summed E-state index contributed by atoms with van der Waals surface area (Å²) in [5.74, 6) is -1.25. The number of nitrogens with zero attached hydrogens (tertiary/aromatic N) is 1. The number of carbonyl (C=O) groups excluding carboxylic acids is 3. The lowest BCUT2D eigenvalue weighted by Gasteiger charge is -2.13. The first-order chi connectivity index (χ1) is 12.5. The first-order valence-electron chi connectivity index (χ1n) is 8.43. The number of hydrogen-bond acceptors (Lipinski definition) is 5. The van der Waals surface area contributed by atoms with Crippen molar-refractivity contribution in [1.82, 2.24) is 9.88 Å². The van der Waals surface area contributed by atoms with Crippen LogP contribution in [0.2, 0.25) is 0 Å². The van der Waals surface area contributed by atoms with Crippen LogP contribution in [0.1, 0.15) is 49.6 Å². The van der Waals surface area contributed by atoms with Gasteiger partial charge in [-0.05, 0) is 43.5 Å². The van der Waals surface area contributed by atoms with Gasteiger partial charge in [-0.1, -0.05) is 6.07 Å². The van der Waals surface area contributed by atoms with E-state index in [1.807, 2.05) is 0 Å². The van der Waals surface area contributed by atoms with Crippen molar-refractivity contribution in [3.8, 4) is 5.75 Å². The molecule has 3 rings (SSSR count). The molecule has 1 fully saturated rings. The van der Waals surface area contributed by atoms with Crippen molar-refractivity contribution in [3.05, 3.63) is 52.8 Å². The predicted octanol–water partition coefficient (Wildman–Crippen LogP) is 2.30. The Labute approximate surface area is 150 Å². The minimum absolute atomic E-state index is 0.0125. The van der Waals surface area contributed by atoms with E-state index in [-0.39, 0.29) is 22.8 Å². The minimum atomic E-state index is -0.697. The molecule has 1 saturated heterocycles. The number of carbonyl (C=O) groups is 3. The number of phenols is 1. The van der Waals surface area contributed by atoms with Crippen LogP contribution in [0.5, 0.6) is 5.75 Å². The van der Waals surface area contributed by atoms with Crippen LogP contribution in [0.3, 0.4) is 0 Å². The van der Waals surface area contributed by atoms with Crippen molar-refractivity contribution < 1.29 is 24.2 Å². The summed E-state index contributed by atoms with van der Waals surface area (Å²) in [6.45, 7) is 2.72. The van der Waals surface area contributed by atoms with E-state index < -0.39 is 18.4 Å². The maximum atomic E-state index is 12.3. The maximum Gasteiger partial charge on any atom is 0.338 e. The van der Waals surface area contributed by atoms with Gasteiger partial charge in [0.05, 0.1) is 5.56 Å². The Morgan fingerprint density at radius 2 is 1.88 bits per heavy atom. The molecule has 1 amide bonds. The van der Waals surface area contributed by atoms with Gasteiger partial charge in [-0.2, -0.15) is 0 Å². The van der Waals surface area contributed by atoms with Gasteiger partial charge in [0.15, 0.2) is 6.61 Å². The number of Topliss-reactive ketones (excluding diaryl/α,β-unsaturated/α-hetero) is 1. The van der Waals surface area contributed by atoms with Crippen LogP contribution in [-0.2, 0) is 4.74 Å². The molecule has 1 aromatic carbocycles. The van der Waals surface area contributed by atoms with Crippen LogP contribution in [0, 0.1) is 6.92 Å². The summed E-state index contributed by atoms with van der Waals surface area (Å²) in [4.78, 5) is 41.0. The number of aryl methyl sites for hydroxylation is 1. The number of rotatable bonds is 5. The number of amides is 1. The second kappa shape index (κ2) is 7.43. The van der Waals surface area contributed by atoms with Crippen LogP contribution in [0.15, 0.2) is 30.5 Å². The lowest BCUT2D eigenvalue weighted by atomic mass is 10.1. The fraction of sp³-hybridized carbons (Fsp3) is 0.316. The van der Waals surface area contributed by atoms with Crippen LogP contribution in [-0.4, -0.2) is 52.3 Å². The van der Waals surface area contributed by atoms with E-state index in [0.29, 0.717) is 11.3 Å². The van der Waals surface area contributed by atoms with Gasteiger partial charge in [0.2, 0.25) is 5.78 Å². The number of nitrogens with one attached hydrogen (secondary N) is 1. The second-order valence-electron chi connectivity index (χ2n) is 6.30. The van der Waals surface area contributed by atoms with E-state index >= 15 is 0 Å². The highest BCUT2D eigenvalue weighted by molar-refractivity contribution is 6.02. The van der Waals surface area contributed by atoms with Crippen LogP contribution < -0.4 is 0 Å². The highest BCUT2D eigenvalue weighted by atomic mass is 16.5. The number of H-pyrrole nitrogens is 1. The second-order valence-corrected chi connectivity index (χ2v) is 6.30. The van der Waals surface area contributed by atoms with E-state index in [4.69, 9.17) is 4.74 Å². The fourth-order valence-electron chi connectivity index (χ4n) is 2.80. The zero-order valence-corrected chi connectivity index (χ0v) is 14.4. The van der Waals surface area contributed by atoms with E-state index in [0.717, 1.165) is 25.9 Å². The molecule has 7 nitrogen and oxygen atoms in total. The van der Waals surface area contributed by atoms with Crippen LogP contribution >= 0.6 is 0 Å². The third-order valence-electron chi connectivity index (χ3n) is 4.41. The van der Waals surface area contributed by atoms with Gasteiger partial charge in [-0.15, -0.1) is 0 Å². The average Bonchev–Trinajstić information content (AvgIpc) is 3.33. The maximum absolute atomic E-state index is 12.3. The van der Waals surface area contributed by atoms with Gasteiger partial charge in [0, 0.05) is 24.8 Å². The summed E-state index contributed by atoms with van der Waals surface area (Å²) in [6.07, 6.45) is 3.42. The van der Waals surface area contributed by atoms with Gasteiger partial charge < -0.3 is 19.7 Å². The Kier molecular flexibility index (Phi) is 5.06. The van der Waals surface area contributed by atoms with Gasteiger partial charge in [-0.3, -0.25) is 9.59 Å². The van der Waals surface area contributed by atoms with Gasteiger partial charge in [0.25, 0.3) is 5.91 Å². The molecule has 1 aliphatic rings. The Morgan fingerprint density at radius 3 is 2.58 bits per heavy atom. The van der Waals surface area contributed by atoms with E-state index in [1.165, 1.54) is 24.4 Å². The third kappa shape index (κ3) is 3.77. The first-order valence-corrected chi connectivity index (χ1v) is 8.43. The van der Waals surface area contributed by atoms with Crippen molar-refractivity contribution >= 4 is 17.7 Å². The number of aromatic nitrogens is 1. The van der Waals surface area contributed by atoms with Crippen LogP contribution in [0.25, 0.3) is 0 Å². The zero-order chi connectivity index (χ0) is 18.7. The molecule has 2 aromatic rings. The van der Waals surface area contributed by atoms with E-state index in [1.54, 1.807) is 17.9 Å². The summed E-state index contributed by atoms with van der Waals surface area (Å²) in [7, 11) is 0. The zero-order valence-electron chi connectivity index (χ0n) is 14.4. The molecule has 0 aliphatic carbocycles. The topological polar surface area (TPSA) is 99.7 Å². The molecule has 1 aliphatic heterocycles. The van der Waals surface area contributed by atoms with Crippen molar-refractivity contribution in [3.63, 3.8) is 0 Å². The number of esters is 1. The first kappa shape index (κ1) is 17.7.